The number of hydrogen-bond acceptors (Lipinski definition) is 4. The summed E-state index contributed by atoms with van der Waals surface area (Å²) >= 11 is 0. The number of carbonyl (C=O) groups is 1. The first-order valence-electron chi connectivity index (χ1n) is 17.7. The van der Waals surface area contributed by atoms with Crippen molar-refractivity contribution in [2.75, 3.05) is 18.4 Å². The van der Waals surface area contributed by atoms with Crippen molar-refractivity contribution in [3.05, 3.63) is 71.6 Å². The molecular weight excluding hydrogens is 1110 g/mol. The van der Waals surface area contributed by atoms with Crippen molar-refractivity contribution >= 4 is 35.0 Å². The molecule has 72 heavy (non-hydrogen) atoms. The van der Waals surface area contributed by atoms with Crippen LogP contribution in [0.15, 0.2) is 70.1 Å². The van der Waals surface area contributed by atoms with Gasteiger partial charge in [-0.05, 0) is 35.9 Å². The average molecular weight is 1130 g/mol. The first-order valence-corrected chi connectivity index (χ1v) is 17.7. The second kappa shape index (κ2) is 17.9. The van der Waals surface area contributed by atoms with Gasteiger partial charge in [-0.2, -0.15) is 132 Å². The minimum atomic E-state index is -8.65. The molecular formula is C36H17ClF30N2O3. The van der Waals surface area contributed by atoms with Gasteiger partial charge in [-0.3, -0.25) is 4.99 Å². The summed E-state index contributed by atoms with van der Waals surface area (Å²) in [5.41, 5.74) is -4.30. The Bertz CT molecular complexity index is 2690. The molecule has 0 radical (unpaired) electrons. The van der Waals surface area contributed by atoms with E-state index in [4.69, 9.17) is 4.42 Å². The van der Waals surface area contributed by atoms with Gasteiger partial charge >= 0.3 is 89.4 Å². The van der Waals surface area contributed by atoms with Gasteiger partial charge in [0.25, 0.3) is 0 Å². The van der Waals surface area contributed by atoms with Crippen LogP contribution in [0.5, 0.6) is 0 Å². The smallest absolute Gasteiger partial charge is 0.460 e. The largest absolute Gasteiger partial charge is 0.478 e. The maximum Gasteiger partial charge on any atom is 0.460 e. The lowest BCUT2D eigenvalue weighted by molar-refractivity contribution is -0.451. The van der Waals surface area contributed by atoms with Crippen LogP contribution in [0.3, 0.4) is 0 Å². The van der Waals surface area contributed by atoms with E-state index in [0.29, 0.717) is 24.3 Å². The van der Waals surface area contributed by atoms with Gasteiger partial charge in [0.1, 0.15) is 17.9 Å². The summed E-state index contributed by atoms with van der Waals surface area (Å²) in [5, 5.41) is 9.10. The summed E-state index contributed by atoms with van der Waals surface area (Å²) in [6, 6.07) is 6.56. The fourth-order valence-electron chi connectivity index (χ4n) is 5.88. The molecule has 0 fully saturated rings. The Balaban J connectivity index is 0.0000137. The Morgan fingerprint density at radius 2 is 0.903 bits per heavy atom. The van der Waals surface area contributed by atoms with Gasteiger partial charge in [-0.25, -0.2) is 4.79 Å². The Morgan fingerprint density at radius 3 is 1.35 bits per heavy atom. The maximum atomic E-state index is 14.6. The standard InChI is InChI=1S/C36H16F30N2O3.ClH/c37-23(38,25(41,42)27(45,46)29(49,50)31(53,54)33(57,58)35(61,62)63)11-67-13-5-7-17-19(9-13)71-20-10-14(6-8-18(20)21(17)15-3-1-2-4-16(15)22(69)70)68-12-24(39,40)26(43,44)28(47,48)30(51,52)32(55,56)34(59,60)36(64,65)66;/h1-10,67H,11-12H2,(H,69,70);1H. The quantitative estimate of drug-likeness (QED) is 0.0816. The van der Waals surface area contributed by atoms with E-state index in [2.05, 4.69) is 4.99 Å². The third kappa shape index (κ3) is 8.87. The van der Waals surface area contributed by atoms with Gasteiger partial charge < -0.3 is 14.8 Å². The number of alkyl halides is 30. The van der Waals surface area contributed by atoms with Gasteiger partial charge in [0.2, 0.25) is 0 Å². The van der Waals surface area contributed by atoms with E-state index in [-0.39, 0.29) is 24.5 Å². The van der Waals surface area contributed by atoms with Crippen LogP contribution in [0.1, 0.15) is 10.4 Å². The number of rotatable bonds is 17. The SMILES string of the molecule is Cl.O=C(O)c1ccccc1-c1c2ccc(=NCC(F)(F)C(F)(F)C(F)(F)C(F)(F)C(F)(F)C(F)(F)C(F)(F)F)cc-2oc2cc(NCC(F)(F)C(F)(F)C(F)(F)C(F)(F)C(F)(F)C(F)(F)C(F)(F)F)ccc12. The van der Waals surface area contributed by atoms with Crippen molar-refractivity contribution in [1.29, 1.82) is 0 Å². The van der Waals surface area contributed by atoms with Crippen LogP contribution in [0.25, 0.3) is 33.4 Å². The first-order chi connectivity index (χ1) is 31.4. The predicted molar refractivity (Wildman–Crippen MR) is 183 cm³/mol. The van der Waals surface area contributed by atoms with Crippen molar-refractivity contribution < 1.29 is 146 Å². The molecule has 4 rings (SSSR count). The van der Waals surface area contributed by atoms with Crippen LogP contribution in [0.2, 0.25) is 0 Å². The molecule has 0 atom stereocenters. The molecule has 0 aromatic heterocycles. The van der Waals surface area contributed by atoms with E-state index >= 15 is 0 Å². The zero-order valence-corrected chi connectivity index (χ0v) is 34.0. The zero-order chi connectivity index (χ0) is 55.4. The highest BCUT2D eigenvalue weighted by molar-refractivity contribution is 6.07. The molecule has 0 saturated heterocycles. The molecule has 2 aromatic carbocycles. The van der Waals surface area contributed by atoms with Crippen LogP contribution >= 0.6 is 12.4 Å². The number of benzene rings is 3. The fraction of sp³-hybridized carbons (Fsp3) is 0.444. The van der Waals surface area contributed by atoms with Gasteiger partial charge in [0, 0.05) is 34.3 Å². The summed E-state index contributed by atoms with van der Waals surface area (Å²) in [6.07, 6.45) is -15.8. The van der Waals surface area contributed by atoms with Crippen LogP contribution in [0, 0.1) is 0 Å². The molecule has 0 unspecified atom stereocenters. The number of anilines is 1. The van der Waals surface area contributed by atoms with Crippen molar-refractivity contribution in [3.63, 3.8) is 0 Å². The maximum absolute atomic E-state index is 14.6. The Morgan fingerprint density at radius 1 is 0.486 bits per heavy atom. The summed E-state index contributed by atoms with van der Waals surface area (Å²) < 4.78 is 416. The van der Waals surface area contributed by atoms with Crippen molar-refractivity contribution in [2.45, 2.75) is 83.4 Å². The summed E-state index contributed by atoms with van der Waals surface area (Å²) in [6.45, 7) is -6.46. The van der Waals surface area contributed by atoms with Gasteiger partial charge in [-0.1, -0.05) is 18.2 Å². The van der Waals surface area contributed by atoms with E-state index in [0.717, 1.165) is 29.6 Å². The molecule has 0 amide bonds. The lowest BCUT2D eigenvalue weighted by Gasteiger charge is -2.41. The molecule has 2 aromatic rings. The minimum absolute atomic E-state index is 0. The zero-order valence-electron chi connectivity index (χ0n) is 33.1. The number of carboxylic acids is 1. The number of hydrogen-bond donors (Lipinski definition) is 2. The van der Waals surface area contributed by atoms with Crippen LogP contribution < -0.4 is 10.7 Å². The highest BCUT2D eigenvalue weighted by Gasteiger charge is 2.95. The van der Waals surface area contributed by atoms with E-state index in [1.165, 1.54) is 0 Å². The summed E-state index contributed by atoms with van der Waals surface area (Å²) in [7, 11) is 0. The van der Waals surface area contributed by atoms with Crippen LogP contribution in [-0.2, 0) is 0 Å². The lowest BCUT2D eigenvalue weighted by Crippen LogP contribution is -2.73. The number of nitrogens with one attached hydrogen (secondary N) is 1. The fourth-order valence-corrected chi connectivity index (χ4v) is 5.88. The molecule has 1 heterocycles. The van der Waals surface area contributed by atoms with Gasteiger partial charge in [0.05, 0.1) is 17.5 Å². The molecule has 2 N–H and O–H groups in total. The van der Waals surface area contributed by atoms with E-state index < -0.39 is 153 Å². The molecule has 1 aliphatic carbocycles. The average Bonchev–Trinajstić information content (AvgIpc) is 3.22. The van der Waals surface area contributed by atoms with E-state index in [1.54, 1.807) is 0 Å². The van der Waals surface area contributed by atoms with Crippen molar-refractivity contribution in [1.82, 2.24) is 0 Å². The first kappa shape index (κ1) is 60.9. The van der Waals surface area contributed by atoms with Crippen molar-refractivity contribution in [2.24, 2.45) is 4.99 Å². The third-order valence-electron chi connectivity index (χ3n) is 9.89. The minimum Gasteiger partial charge on any atom is -0.478 e. The Hall–Kier alpha value is -5.41. The van der Waals surface area contributed by atoms with E-state index in [1.807, 2.05) is 0 Å². The topological polar surface area (TPSA) is 74.8 Å². The number of nitrogens with zero attached hydrogens (tertiary/aromatic N) is 1. The number of carboxylic acid groups (broad SMARTS) is 1. The second-order valence-electron chi connectivity index (χ2n) is 14.5. The van der Waals surface area contributed by atoms with Crippen LogP contribution in [0.4, 0.5) is 137 Å². The number of halogens is 31. The molecule has 1 aliphatic heterocycles. The molecule has 36 heteroatoms. The molecule has 5 nitrogen and oxygen atoms in total. The Kier molecular flexibility index (Phi) is 15.2. The molecule has 0 bridgehead atoms. The summed E-state index contributed by atoms with van der Waals surface area (Å²) in [4.78, 5) is 14.7. The highest BCUT2D eigenvalue weighted by atomic mass is 35.5. The monoisotopic (exact) mass is 1130 g/mol. The van der Waals surface area contributed by atoms with E-state index in [9.17, 15) is 142 Å². The normalized spacial score (nSPS) is 15.3. The molecule has 2 aliphatic rings. The molecule has 406 valence electrons. The highest BCUT2D eigenvalue weighted by Crippen LogP contribution is 2.64. The second-order valence-corrected chi connectivity index (χ2v) is 14.5. The van der Waals surface area contributed by atoms with Crippen LogP contribution in [-0.4, -0.2) is 108 Å². The lowest BCUT2D eigenvalue weighted by atomic mass is 9.90. The van der Waals surface area contributed by atoms with Gasteiger partial charge in [-0.15, -0.1) is 12.4 Å². The number of fused-ring (bicyclic) bond motifs is 2. The van der Waals surface area contributed by atoms with Gasteiger partial charge in [0.15, 0.2) is 0 Å². The third-order valence-corrected chi connectivity index (χ3v) is 9.89. The number of aromatic carboxylic acids is 1. The van der Waals surface area contributed by atoms with Crippen molar-refractivity contribution in [3.8, 4) is 22.5 Å². The summed E-state index contributed by atoms with van der Waals surface area (Å²) in [5.74, 6) is -101. The molecule has 0 spiro atoms. The predicted octanol–water partition coefficient (Wildman–Crippen LogP) is 14.4. The Labute approximate surface area is 382 Å². The molecule has 0 saturated carbocycles.